The molecule has 1 amide bonds. The minimum absolute atomic E-state index is 0.00191. The molecule has 8 heteroatoms. The first kappa shape index (κ1) is 17.1. The van der Waals surface area contributed by atoms with Crippen molar-refractivity contribution >= 4 is 11.6 Å². The second-order valence-electron chi connectivity index (χ2n) is 6.39. The van der Waals surface area contributed by atoms with E-state index >= 15 is 0 Å². The van der Waals surface area contributed by atoms with Gasteiger partial charge in [-0.1, -0.05) is 6.42 Å². The summed E-state index contributed by atoms with van der Waals surface area (Å²) in [7, 11) is 1.72. The second kappa shape index (κ2) is 7.02. The molecule has 132 valence electrons. The van der Waals surface area contributed by atoms with Crippen molar-refractivity contribution in [2.24, 2.45) is 5.92 Å². The fraction of sp³-hybridized carbons (Fsp3) is 0.412. The van der Waals surface area contributed by atoms with Crippen molar-refractivity contribution in [3.63, 3.8) is 0 Å². The highest BCUT2D eigenvalue weighted by Gasteiger charge is 2.28. The summed E-state index contributed by atoms with van der Waals surface area (Å²) in [6.07, 6.45) is 5.46. The predicted octanol–water partition coefficient (Wildman–Crippen LogP) is 2.01. The Morgan fingerprint density at radius 3 is 2.72 bits per heavy atom. The number of carbonyl (C=O) groups excluding carboxylic acids is 1. The van der Waals surface area contributed by atoms with Crippen LogP contribution in [0.4, 0.5) is 5.69 Å². The van der Waals surface area contributed by atoms with E-state index in [4.69, 9.17) is 0 Å². The van der Waals surface area contributed by atoms with Crippen LogP contribution < -0.4 is 0 Å². The molecule has 2 aromatic rings. The first-order valence-corrected chi connectivity index (χ1v) is 8.18. The molecule has 0 saturated heterocycles. The van der Waals surface area contributed by atoms with Crippen LogP contribution >= 0.6 is 0 Å². The fourth-order valence-electron chi connectivity index (χ4n) is 3.19. The molecule has 1 N–H and O–H groups in total. The molecule has 0 spiro atoms. The summed E-state index contributed by atoms with van der Waals surface area (Å²) >= 11 is 0. The number of nitro benzene ring substituents is 1. The molecule has 1 aromatic carbocycles. The summed E-state index contributed by atoms with van der Waals surface area (Å²) in [5.74, 6) is -0.0362. The summed E-state index contributed by atoms with van der Waals surface area (Å²) in [6.45, 7) is 0.517. The van der Waals surface area contributed by atoms with Crippen LogP contribution in [0.5, 0.6) is 0 Å². The highest BCUT2D eigenvalue weighted by atomic mass is 16.6. The molecular formula is C17H20N4O4. The number of benzene rings is 1. The molecule has 1 aliphatic rings. The average Bonchev–Trinajstić information content (AvgIpc) is 3.24. The monoisotopic (exact) mass is 344 g/mol. The lowest BCUT2D eigenvalue weighted by molar-refractivity contribution is -0.384. The number of non-ortho nitro benzene ring substituents is 1. The normalized spacial score (nSPS) is 19.8. The van der Waals surface area contributed by atoms with Gasteiger partial charge in [-0.05, 0) is 25.0 Å². The zero-order chi connectivity index (χ0) is 18.0. The summed E-state index contributed by atoms with van der Waals surface area (Å²) in [4.78, 5) is 24.4. The van der Waals surface area contributed by atoms with Gasteiger partial charge in [0.2, 0.25) is 0 Å². The molecule has 1 aromatic heterocycles. The van der Waals surface area contributed by atoms with Crippen molar-refractivity contribution < 1.29 is 14.8 Å². The SMILES string of the molecule is CN(CC1CCCC1O)C(=O)c1cnn(-c2ccc([N+](=O)[O-])cc2)c1. The number of hydrogen-bond acceptors (Lipinski definition) is 5. The Balaban J connectivity index is 1.69. The van der Waals surface area contributed by atoms with Gasteiger partial charge in [0.05, 0.1) is 28.5 Å². The van der Waals surface area contributed by atoms with Gasteiger partial charge in [-0.15, -0.1) is 0 Å². The predicted molar refractivity (Wildman–Crippen MR) is 90.5 cm³/mol. The van der Waals surface area contributed by atoms with Crippen LogP contribution in [0.2, 0.25) is 0 Å². The third-order valence-electron chi connectivity index (χ3n) is 4.63. The molecule has 3 rings (SSSR count). The van der Waals surface area contributed by atoms with Crippen molar-refractivity contribution in [3.05, 3.63) is 52.3 Å². The van der Waals surface area contributed by atoms with E-state index in [0.717, 1.165) is 19.3 Å². The summed E-state index contributed by atoms with van der Waals surface area (Å²) in [6, 6.07) is 5.95. The van der Waals surface area contributed by atoms with Gasteiger partial charge in [-0.25, -0.2) is 4.68 Å². The number of nitrogens with zero attached hydrogens (tertiary/aromatic N) is 4. The van der Waals surface area contributed by atoms with E-state index in [1.807, 2.05) is 0 Å². The van der Waals surface area contributed by atoms with E-state index in [1.54, 1.807) is 30.3 Å². The van der Waals surface area contributed by atoms with Crippen LogP contribution in [0, 0.1) is 16.0 Å². The molecular weight excluding hydrogens is 324 g/mol. The zero-order valence-corrected chi connectivity index (χ0v) is 13.9. The van der Waals surface area contributed by atoms with Gasteiger partial charge in [-0.2, -0.15) is 5.10 Å². The Kier molecular flexibility index (Phi) is 4.80. The molecule has 0 radical (unpaired) electrons. The van der Waals surface area contributed by atoms with Gasteiger partial charge in [0.25, 0.3) is 11.6 Å². The average molecular weight is 344 g/mol. The number of nitro groups is 1. The maximum Gasteiger partial charge on any atom is 0.269 e. The summed E-state index contributed by atoms with van der Waals surface area (Å²) < 4.78 is 1.51. The van der Waals surface area contributed by atoms with Crippen LogP contribution in [0.1, 0.15) is 29.6 Å². The van der Waals surface area contributed by atoms with E-state index in [0.29, 0.717) is 17.8 Å². The van der Waals surface area contributed by atoms with Crippen molar-refractivity contribution in [1.29, 1.82) is 0 Å². The molecule has 1 fully saturated rings. The van der Waals surface area contributed by atoms with Gasteiger partial charge >= 0.3 is 0 Å². The minimum Gasteiger partial charge on any atom is -0.393 e. The van der Waals surface area contributed by atoms with Gasteiger partial charge in [0.1, 0.15) is 0 Å². The number of aliphatic hydroxyl groups excluding tert-OH is 1. The Labute approximate surface area is 144 Å². The zero-order valence-electron chi connectivity index (χ0n) is 13.9. The van der Waals surface area contributed by atoms with Gasteiger partial charge in [0, 0.05) is 37.8 Å². The molecule has 0 aliphatic heterocycles. The lowest BCUT2D eigenvalue weighted by Crippen LogP contribution is -2.34. The Morgan fingerprint density at radius 1 is 1.40 bits per heavy atom. The van der Waals surface area contributed by atoms with Crippen molar-refractivity contribution in [3.8, 4) is 5.69 Å². The molecule has 2 unspecified atom stereocenters. The van der Waals surface area contributed by atoms with Crippen LogP contribution in [-0.2, 0) is 0 Å². The molecule has 25 heavy (non-hydrogen) atoms. The molecule has 8 nitrogen and oxygen atoms in total. The van der Waals surface area contributed by atoms with Gasteiger partial charge in [0.15, 0.2) is 0 Å². The van der Waals surface area contributed by atoms with Crippen molar-refractivity contribution in [2.45, 2.75) is 25.4 Å². The largest absolute Gasteiger partial charge is 0.393 e. The minimum atomic E-state index is -0.464. The Hall–Kier alpha value is -2.74. The van der Waals surface area contributed by atoms with Crippen LogP contribution in [0.3, 0.4) is 0 Å². The number of aromatic nitrogens is 2. The first-order chi connectivity index (χ1) is 12.0. The van der Waals surface area contributed by atoms with Crippen LogP contribution in [-0.4, -0.2) is 50.3 Å². The molecule has 2 atom stereocenters. The van der Waals surface area contributed by atoms with E-state index in [-0.39, 0.29) is 23.6 Å². The summed E-state index contributed by atoms with van der Waals surface area (Å²) in [5, 5.41) is 24.8. The number of hydrogen-bond donors (Lipinski definition) is 1. The Bertz CT molecular complexity index is 771. The van der Waals surface area contributed by atoms with Crippen LogP contribution in [0.15, 0.2) is 36.7 Å². The van der Waals surface area contributed by atoms with E-state index < -0.39 is 4.92 Å². The number of rotatable bonds is 5. The van der Waals surface area contributed by atoms with Crippen molar-refractivity contribution in [1.82, 2.24) is 14.7 Å². The van der Waals surface area contributed by atoms with Gasteiger partial charge in [-0.3, -0.25) is 14.9 Å². The maximum absolute atomic E-state index is 12.5. The lowest BCUT2D eigenvalue weighted by atomic mass is 10.1. The molecule has 0 bridgehead atoms. The lowest BCUT2D eigenvalue weighted by Gasteiger charge is -2.22. The quantitative estimate of drug-likeness (QED) is 0.660. The number of aliphatic hydroxyl groups is 1. The maximum atomic E-state index is 12.5. The molecule has 1 aliphatic carbocycles. The highest BCUT2D eigenvalue weighted by Crippen LogP contribution is 2.26. The van der Waals surface area contributed by atoms with E-state index in [2.05, 4.69) is 5.10 Å². The number of carbonyl (C=O) groups is 1. The van der Waals surface area contributed by atoms with Crippen molar-refractivity contribution in [2.75, 3.05) is 13.6 Å². The van der Waals surface area contributed by atoms with Crippen LogP contribution in [0.25, 0.3) is 5.69 Å². The molecule has 1 heterocycles. The highest BCUT2D eigenvalue weighted by molar-refractivity contribution is 5.93. The van der Waals surface area contributed by atoms with E-state index in [1.165, 1.54) is 23.0 Å². The van der Waals surface area contributed by atoms with Gasteiger partial charge < -0.3 is 10.0 Å². The third kappa shape index (κ3) is 3.69. The Morgan fingerprint density at radius 2 is 2.12 bits per heavy atom. The van der Waals surface area contributed by atoms with E-state index in [9.17, 15) is 20.0 Å². The smallest absolute Gasteiger partial charge is 0.269 e. The third-order valence-corrected chi connectivity index (χ3v) is 4.63. The number of amides is 1. The second-order valence-corrected chi connectivity index (χ2v) is 6.39. The fourth-order valence-corrected chi connectivity index (χ4v) is 3.19. The summed E-state index contributed by atoms with van der Waals surface area (Å²) in [5.41, 5.74) is 1.08. The standard InChI is InChI=1S/C17H20N4O4/c1-19(10-12-3-2-4-16(12)22)17(23)13-9-18-20(11-13)14-5-7-15(8-6-14)21(24)25/h5-9,11-12,16,22H,2-4,10H2,1H3. The molecule has 1 saturated carbocycles. The first-order valence-electron chi connectivity index (χ1n) is 8.18. The topological polar surface area (TPSA) is 102 Å².